The lowest BCUT2D eigenvalue weighted by Crippen LogP contribution is -2.39. The van der Waals surface area contributed by atoms with Crippen molar-refractivity contribution in [1.82, 2.24) is 4.90 Å². The maximum atomic E-state index is 13.0. The third kappa shape index (κ3) is 6.82. The molecule has 4 rings (SSSR count). The number of nitrogens with zero attached hydrogens (tertiary/aromatic N) is 1. The highest BCUT2D eigenvalue weighted by atomic mass is 127. The van der Waals surface area contributed by atoms with Gasteiger partial charge in [0.1, 0.15) is 17.2 Å². The van der Waals surface area contributed by atoms with E-state index in [1.54, 1.807) is 36.3 Å². The van der Waals surface area contributed by atoms with Crippen molar-refractivity contribution >= 4 is 34.3 Å². The van der Waals surface area contributed by atoms with Gasteiger partial charge in [-0.05, 0) is 77.7 Å². The predicted octanol–water partition coefficient (Wildman–Crippen LogP) is 5.76. The maximum Gasteiger partial charge on any atom is 0.322 e. The van der Waals surface area contributed by atoms with Crippen LogP contribution < -0.4 is 19.5 Å². The van der Waals surface area contributed by atoms with E-state index in [2.05, 4.69) is 27.9 Å². The van der Waals surface area contributed by atoms with Crippen molar-refractivity contribution < 1.29 is 24.1 Å². The van der Waals surface area contributed by atoms with Crippen molar-refractivity contribution in [1.29, 1.82) is 0 Å². The van der Waals surface area contributed by atoms with Gasteiger partial charge in [0, 0.05) is 36.3 Å². The minimum Gasteiger partial charge on any atom is -0.497 e. The highest BCUT2D eigenvalue weighted by Gasteiger charge is 2.25. The van der Waals surface area contributed by atoms with Crippen LogP contribution in [0.2, 0.25) is 0 Å². The summed E-state index contributed by atoms with van der Waals surface area (Å²) < 4.78 is 18.3. The molecule has 1 aliphatic heterocycles. The van der Waals surface area contributed by atoms with Crippen LogP contribution in [0, 0.1) is 5.92 Å². The first-order chi connectivity index (χ1) is 17.1. The number of hydrogen-bond donors (Lipinski definition) is 2. The van der Waals surface area contributed by atoms with Crippen LogP contribution in [0.1, 0.15) is 37.7 Å². The molecule has 1 fully saturated rings. The number of halogens is 1. The number of ether oxygens (including phenoxy) is 3. The summed E-state index contributed by atoms with van der Waals surface area (Å²) >= 11 is 2.18. The number of methoxy groups -OCH3 is 1. The van der Waals surface area contributed by atoms with Crippen molar-refractivity contribution in [3.05, 3.63) is 57.4 Å². The zero-order valence-corrected chi connectivity index (χ0v) is 22.3. The van der Waals surface area contributed by atoms with E-state index < -0.39 is 0 Å². The van der Waals surface area contributed by atoms with Crippen LogP contribution in [0.4, 0.5) is 10.5 Å². The van der Waals surface area contributed by atoms with E-state index >= 15 is 0 Å². The molecule has 0 radical (unpaired) electrons. The normalized spacial score (nSPS) is 15.7. The summed E-state index contributed by atoms with van der Waals surface area (Å²) in [5.41, 5.74) is 2.65. The molecule has 0 atom stereocenters. The Morgan fingerprint density at radius 2 is 1.94 bits per heavy atom. The van der Waals surface area contributed by atoms with Gasteiger partial charge in [0.25, 0.3) is 0 Å². The summed E-state index contributed by atoms with van der Waals surface area (Å²) in [6.07, 6.45) is 6.99. The molecule has 1 heterocycles. The molecule has 0 aromatic heterocycles. The Labute approximate surface area is 220 Å². The van der Waals surface area contributed by atoms with E-state index in [0.717, 1.165) is 38.8 Å². The monoisotopic (exact) mass is 592 g/mol. The van der Waals surface area contributed by atoms with E-state index in [9.17, 15) is 9.90 Å². The molecule has 2 amide bonds. The van der Waals surface area contributed by atoms with Crippen molar-refractivity contribution in [3.63, 3.8) is 0 Å². The Kier molecular flexibility index (Phi) is 9.14. The Balaban J connectivity index is 1.43. The average molecular weight is 592 g/mol. The maximum absolute atomic E-state index is 13.0. The number of carbonyl (C=O) groups is 1. The van der Waals surface area contributed by atoms with Crippen LogP contribution in [-0.4, -0.2) is 49.5 Å². The summed E-state index contributed by atoms with van der Waals surface area (Å²) in [6.45, 7) is 1.15. The molecule has 0 unspecified atom stereocenters. The molecular weight excluding hydrogens is 559 g/mol. The molecule has 0 saturated heterocycles. The van der Waals surface area contributed by atoms with Crippen molar-refractivity contribution in [2.45, 2.75) is 38.5 Å². The lowest BCUT2D eigenvalue weighted by molar-refractivity contribution is 0.192. The standard InChI is InChI=1S/C27H33IN2O5/c1-33-22-12-10-21(11-13-22)29-27(32)30(14-15-31)17-20-16-23-24(8-5-9-25(23)35-26(20)28)34-18-19-6-3-2-4-7-19/h5,8-13,19,31H,2-4,6-7,14-18H2,1H3,(H,29,32). The summed E-state index contributed by atoms with van der Waals surface area (Å²) in [5.74, 6) is 2.98. The second-order valence-corrected chi connectivity index (χ2v) is 9.99. The van der Waals surface area contributed by atoms with Crippen LogP contribution in [0.15, 0.2) is 51.8 Å². The number of benzene rings is 2. The first kappa shape index (κ1) is 25.6. The number of fused-ring (bicyclic) bond motifs is 1. The van der Waals surface area contributed by atoms with Gasteiger partial charge in [0.15, 0.2) is 3.77 Å². The van der Waals surface area contributed by atoms with E-state index in [1.165, 1.54) is 32.1 Å². The van der Waals surface area contributed by atoms with Gasteiger partial charge in [-0.25, -0.2) is 4.79 Å². The predicted molar refractivity (Wildman–Crippen MR) is 145 cm³/mol. The van der Waals surface area contributed by atoms with E-state index in [-0.39, 0.29) is 19.2 Å². The first-order valence-corrected chi connectivity index (χ1v) is 13.3. The van der Waals surface area contributed by atoms with Crippen LogP contribution >= 0.6 is 22.6 Å². The third-order valence-corrected chi connectivity index (χ3v) is 7.52. The van der Waals surface area contributed by atoms with Gasteiger partial charge in [0.2, 0.25) is 0 Å². The number of hydrogen-bond acceptors (Lipinski definition) is 5. The lowest BCUT2D eigenvalue weighted by Gasteiger charge is -2.28. The quantitative estimate of drug-likeness (QED) is 0.362. The summed E-state index contributed by atoms with van der Waals surface area (Å²) in [5, 5.41) is 12.5. The van der Waals surface area contributed by atoms with Crippen molar-refractivity contribution in [2.24, 2.45) is 5.92 Å². The van der Waals surface area contributed by atoms with Gasteiger partial charge in [-0.3, -0.25) is 0 Å². The average Bonchev–Trinajstić information content (AvgIpc) is 2.88. The van der Waals surface area contributed by atoms with Crippen LogP contribution in [0.3, 0.4) is 0 Å². The van der Waals surface area contributed by atoms with E-state index in [4.69, 9.17) is 14.2 Å². The number of anilines is 1. The molecule has 0 spiro atoms. The smallest absolute Gasteiger partial charge is 0.322 e. The van der Waals surface area contributed by atoms with Gasteiger partial charge < -0.3 is 29.5 Å². The Morgan fingerprint density at radius 3 is 2.66 bits per heavy atom. The van der Waals surface area contributed by atoms with Gasteiger partial charge in [0.05, 0.1) is 20.3 Å². The number of carbonyl (C=O) groups excluding carboxylic acids is 1. The zero-order chi connectivity index (χ0) is 24.6. The molecule has 0 bridgehead atoms. The Bertz CT molecular complexity index is 1030. The number of nitrogens with one attached hydrogen (secondary N) is 1. The fraction of sp³-hybridized carbons (Fsp3) is 0.444. The Morgan fingerprint density at radius 1 is 1.17 bits per heavy atom. The molecule has 2 aromatic rings. The van der Waals surface area contributed by atoms with Crippen LogP contribution in [-0.2, 0) is 6.42 Å². The number of aliphatic hydroxyl groups is 1. The zero-order valence-electron chi connectivity index (χ0n) is 20.1. The second kappa shape index (κ2) is 12.5. The number of aliphatic hydroxyl groups excluding tert-OH is 1. The largest absolute Gasteiger partial charge is 0.497 e. The summed E-state index contributed by atoms with van der Waals surface area (Å²) in [6, 6.07) is 12.8. The van der Waals surface area contributed by atoms with Gasteiger partial charge in [-0.2, -0.15) is 0 Å². The molecule has 8 heteroatoms. The highest BCUT2D eigenvalue weighted by Crippen LogP contribution is 2.39. The first-order valence-electron chi connectivity index (χ1n) is 12.2. The van der Waals surface area contributed by atoms with Crippen molar-refractivity contribution in [3.8, 4) is 17.2 Å². The molecule has 1 aliphatic carbocycles. The molecule has 2 N–H and O–H groups in total. The number of rotatable bonds is 9. The van der Waals surface area contributed by atoms with Gasteiger partial charge in [-0.1, -0.05) is 25.3 Å². The van der Waals surface area contributed by atoms with Crippen molar-refractivity contribution in [2.75, 3.05) is 38.7 Å². The molecule has 2 aliphatic rings. The molecular formula is C27H33IN2O5. The Hall–Kier alpha value is -2.46. The minimum absolute atomic E-state index is 0.132. The molecule has 35 heavy (non-hydrogen) atoms. The fourth-order valence-corrected chi connectivity index (χ4v) is 5.16. The topological polar surface area (TPSA) is 80.3 Å². The van der Waals surface area contributed by atoms with Crippen LogP contribution in [0.5, 0.6) is 17.2 Å². The second-order valence-electron chi connectivity index (χ2n) is 9.01. The fourth-order valence-electron chi connectivity index (χ4n) is 4.56. The van der Waals surface area contributed by atoms with E-state index in [1.807, 2.05) is 18.2 Å². The third-order valence-electron chi connectivity index (χ3n) is 6.54. The summed E-state index contributed by atoms with van der Waals surface area (Å²) in [4.78, 5) is 14.6. The summed E-state index contributed by atoms with van der Waals surface area (Å²) in [7, 11) is 1.60. The molecule has 1 saturated carbocycles. The van der Waals surface area contributed by atoms with E-state index in [0.29, 0.717) is 24.6 Å². The number of urea groups is 1. The number of amides is 2. The minimum atomic E-state index is -0.284. The van der Waals surface area contributed by atoms with Gasteiger partial charge >= 0.3 is 6.03 Å². The van der Waals surface area contributed by atoms with Crippen LogP contribution in [0.25, 0.3) is 0 Å². The van der Waals surface area contributed by atoms with Gasteiger partial charge in [-0.15, -0.1) is 0 Å². The molecule has 188 valence electrons. The molecule has 2 aromatic carbocycles. The highest BCUT2D eigenvalue weighted by molar-refractivity contribution is 14.1. The molecule has 7 nitrogen and oxygen atoms in total. The SMILES string of the molecule is COc1ccc(NC(=O)N(CCO)CC2=C(I)Oc3cccc(OCC4CCCCC4)c3C2)cc1. The lowest BCUT2D eigenvalue weighted by atomic mass is 9.90.